The van der Waals surface area contributed by atoms with Gasteiger partial charge < -0.3 is 0 Å². The molecule has 0 atom stereocenters. The van der Waals surface area contributed by atoms with Gasteiger partial charge in [0.1, 0.15) is 0 Å². The van der Waals surface area contributed by atoms with Crippen molar-refractivity contribution in [3.05, 3.63) is 0 Å². The predicted molar refractivity (Wildman–Crippen MR) is 37.7 cm³/mol. The van der Waals surface area contributed by atoms with E-state index < -0.39 is 0 Å². The molecule has 2 nitrogen and oxygen atoms in total. The highest BCUT2D eigenvalue weighted by molar-refractivity contribution is 4.50. The van der Waals surface area contributed by atoms with Crippen LogP contribution < -0.4 is 0 Å². The van der Waals surface area contributed by atoms with Gasteiger partial charge >= 0.3 is 0 Å². The molecule has 0 aliphatic carbocycles. The van der Waals surface area contributed by atoms with Gasteiger partial charge in [0.2, 0.25) is 0 Å². The summed E-state index contributed by atoms with van der Waals surface area (Å²) >= 11 is 0. The summed E-state index contributed by atoms with van der Waals surface area (Å²) < 4.78 is 0. The van der Waals surface area contributed by atoms with E-state index in [1.807, 2.05) is 0 Å². The van der Waals surface area contributed by atoms with Crippen molar-refractivity contribution in [1.29, 1.82) is 0 Å². The van der Waals surface area contributed by atoms with Crippen LogP contribution in [-0.2, 0) is 0 Å². The first-order chi connectivity index (χ1) is 4.50. The second kappa shape index (κ2) is 4.48. The topological polar surface area (TPSA) is 24.7 Å². The Morgan fingerprint density at radius 1 is 0.556 bits per heavy atom. The molecule has 1 aliphatic rings. The van der Waals surface area contributed by atoms with Crippen molar-refractivity contribution < 1.29 is 0 Å². The van der Waals surface area contributed by atoms with E-state index in [-0.39, 0.29) is 0 Å². The zero-order chi connectivity index (χ0) is 6.36. The molecule has 0 fully saturated rings. The first-order valence-corrected chi connectivity index (χ1v) is 3.83. The second-order valence-corrected chi connectivity index (χ2v) is 2.50. The molecular weight excluding hydrogens is 112 g/mol. The van der Waals surface area contributed by atoms with Crippen LogP contribution in [0.4, 0.5) is 0 Å². The fourth-order valence-electron chi connectivity index (χ4n) is 1.04. The minimum atomic E-state index is 0.958. The summed E-state index contributed by atoms with van der Waals surface area (Å²) in [5, 5.41) is 8.03. The predicted octanol–water partition coefficient (Wildman–Crippen LogP) is 2.40. The van der Waals surface area contributed by atoms with E-state index in [0.29, 0.717) is 0 Å². The van der Waals surface area contributed by atoms with Crippen LogP contribution in [0.15, 0.2) is 10.2 Å². The molecule has 52 valence electrons. The molecule has 0 bridgehead atoms. The van der Waals surface area contributed by atoms with Crippen molar-refractivity contribution in [3.63, 3.8) is 0 Å². The zero-order valence-electron chi connectivity index (χ0n) is 5.84. The SMILES string of the molecule is C1CCCN=NCCC1. The largest absolute Gasteiger partial charge is 0.194 e. The quantitative estimate of drug-likeness (QED) is 0.476. The van der Waals surface area contributed by atoms with Gasteiger partial charge in [-0.15, -0.1) is 0 Å². The van der Waals surface area contributed by atoms with Gasteiger partial charge in [-0.1, -0.05) is 19.3 Å². The normalized spacial score (nSPS) is 22.2. The summed E-state index contributed by atoms with van der Waals surface area (Å²) in [7, 11) is 0. The van der Waals surface area contributed by atoms with Gasteiger partial charge in [-0.2, -0.15) is 10.2 Å². The lowest BCUT2D eigenvalue weighted by atomic mass is 10.1. The average molecular weight is 126 g/mol. The standard InChI is InChI=1S/C7H14N2/c1-2-4-6-8-9-7-5-3-1/h1-7H2. The number of rotatable bonds is 0. The van der Waals surface area contributed by atoms with Crippen molar-refractivity contribution in [2.24, 2.45) is 10.2 Å². The lowest BCUT2D eigenvalue weighted by Crippen LogP contribution is -1.79. The van der Waals surface area contributed by atoms with Gasteiger partial charge in [0.15, 0.2) is 0 Å². The van der Waals surface area contributed by atoms with E-state index in [1.165, 1.54) is 32.1 Å². The minimum absolute atomic E-state index is 0.958. The molecule has 0 saturated carbocycles. The summed E-state index contributed by atoms with van der Waals surface area (Å²) in [5.74, 6) is 0. The zero-order valence-corrected chi connectivity index (χ0v) is 5.84. The molecule has 0 amide bonds. The van der Waals surface area contributed by atoms with Crippen molar-refractivity contribution in [3.8, 4) is 0 Å². The van der Waals surface area contributed by atoms with E-state index in [1.54, 1.807) is 0 Å². The third-order valence-electron chi connectivity index (χ3n) is 1.62. The molecule has 1 rings (SSSR count). The molecule has 0 N–H and O–H groups in total. The van der Waals surface area contributed by atoms with E-state index >= 15 is 0 Å². The van der Waals surface area contributed by atoms with Gasteiger partial charge in [-0.25, -0.2) is 0 Å². The number of hydrogen-bond donors (Lipinski definition) is 0. The highest BCUT2D eigenvalue weighted by Gasteiger charge is 1.92. The molecule has 9 heavy (non-hydrogen) atoms. The summed E-state index contributed by atoms with van der Waals surface area (Å²) in [5.41, 5.74) is 0. The third-order valence-corrected chi connectivity index (χ3v) is 1.62. The van der Waals surface area contributed by atoms with Crippen LogP contribution in [0.5, 0.6) is 0 Å². The third kappa shape index (κ3) is 3.22. The fraction of sp³-hybridized carbons (Fsp3) is 1.00. The van der Waals surface area contributed by atoms with Crippen LogP contribution in [0.1, 0.15) is 32.1 Å². The number of nitrogens with zero attached hydrogens (tertiary/aromatic N) is 2. The van der Waals surface area contributed by atoms with E-state index in [0.717, 1.165) is 13.1 Å². The molecule has 0 aromatic heterocycles. The molecule has 1 heterocycles. The second-order valence-electron chi connectivity index (χ2n) is 2.50. The summed E-state index contributed by atoms with van der Waals surface area (Å²) in [6.07, 6.45) is 6.55. The Morgan fingerprint density at radius 2 is 1.00 bits per heavy atom. The van der Waals surface area contributed by atoms with Crippen LogP contribution in [0.25, 0.3) is 0 Å². The Hall–Kier alpha value is -0.400. The van der Waals surface area contributed by atoms with Gasteiger partial charge in [-0.05, 0) is 12.8 Å². The Morgan fingerprint density at radius 3 is 1.56 bits per heavy atom. The molecule has 0 unspecified atom stereocenters. The van der Waals surface area contributed by atoms with Crippen molar-refractivity contribution >= 4 is 0 Å². The van der Waals surface area contributed by atoms with Gasteiger partial charge in [0, 0.05) is 0 Å². The van der Waals surface area contributed by atoms with E-state index in [2.05, 4.69) is 10.2 Å². The summed E-state index contributed by atoms with van der Waals surface area (Å²) in [6, 6.07) is 0. The van der Waals surface area contributed by atoms with Crippen LogP contribution in [0.2, 0.25) is 0 Å². The molecule has 0 saturated heterocycles. The number of azo groups is 1. The molecule has 0 spiro atoms. The van der Waals surface area contributed by atoms with Gasteiger partial charge in [0.25, 0.3) is 0 Å². The van der Waals surface area contributed by atoms with E-state index in [9.17, 15) is 0 Å². The molecular formula is C7H14N2. The van der Waals surface area contributed by atoms with Gasteiger partial charge in [-0.3, -0.25) is 0 Å². The Bertz CT molecular complexity index is 78.9. The maximum absolute atomic E-state index is 4.02. The highest BCUT2D eigenvalue weighted by Crippen LogP contribution is 2.05. The number of hydrogen-bond acceptors (Lipinski definition) is 2. The van der Waals surface area contributed by atoms with Crippen LogP contribution in [-0.4, -0.2) is 13.1 Å². The Kier molecular flexibility index (Phi) is 3.34. The molecule has 0 radical (unpaired) electrons. The monoisotopic (exact) mass is 126 g/mol. The van der Waals surface area contributed by atoms with Crippen LogP contribution in [0.3, 0.4) is 0 Å². The Balaban J connectivity index is 2.15. The molecule has 2 heteroatoms. The Labute approximate surface area is 56.4 Å². The average Bonchev–Trinajstić information content (AvgIpc) is 2.00. The van der Waals surface area contributed by atoms with E-state index in [4.69, 9.17) is 0 Å². The van der Waals surface area contributed by atoms with Crippen LogP contribution in [0, 0.1) is 0 Å². The molecule has 1 aliphatic heterocycles. The fourth-order valence-corrected chi connectivity index (χ4v) is 1.04. The minimum Gasteiger partial charge on any atom is -0.194 e. The van der Waals surface area contributed by atoms with Crippen LogP contribution >= 0.6 is 0 Å². The molecule has 0 aromatic carbocycles. The smallest absolute Gasteiger partial charge is 0.0598 e. The maximum atomic E-state index is 4.02. The van der Waals surface area contributed by atoms with Gasteiger partial charge in [0.05, 0.1) is 13.1 Å². The lowest BCUT2D eigenvalue weighted by molar-refractivity contribution is 0.644. The van der Waals surface area contributed by atoms with Crippen molar-refractivity contribution in [2.45, 2.75) is 32.1 Å². The highest BCUT2D eigenvalue weighted by atomic mass is 15.1. The first-order valence-electron chi connectivity index (χ1n) is 3.83. The van der Waals surface area contributed by atoms with Crippen molar-refractivity contribution in [1.82, 2.24) is 0 Å². The maximum Gasteiger partial charge on any atom is 0.0598 e. The lowest BCUT2D eigenvalue weighted by Gasteiger charge is -1.92. The summed E-state index contributed by atoms with van der Waals surface area (Å²) in [4.78, 5) is 0. The molecule has 0 aromatic rings. The van der Waals surface area contributed by atoms with Crippen molar-refractivity contribution in [2.75, 3.05) is 13.1 Å². The summed E-state index contributed by atoms with van der Waals surface area (Å²) in [6.45, 7) is 1.92. The first kappa shape index (κ1) is 6.72.